The molecule has 1 N–H and O–H groups in total. The third-order valence-electron chi connectivity index (χ3n) is 6.91. The average molecular weight is 533 g/mol. The fraction of sp³-hybridized carbons (Fsp3) is 0.0645. The number of aliphatic imine (C=N–C) groups is 2. The Morgan fingerprint density at radius 2 is 1.62 bits per heavy atom. The van der Waals surface area contributed by atoms with E-state index in [4.69, 9.17) is 26.7 Å². The minimum absolute atomic E-state index is 0.288. The lowest BCUT2D eigenvalue weighted by Gasteiger charge is -2.40. The van der Waals surface area contributed by atoms with Gasteiger partial charge in [-0.2, -0.15) is 5.10 Å². The number of hydrogen-bond donors (Lipinski definition) is 1. The fourth-order valence-electron chi connectivity index (χ4n) is 5.21. The molecule has 5 aromatic rings. The molecule has 0 aliphatic carbocycles. The SMILES string of the molecule is Cc1nn(-c2ccccc2)c2c1[C@@H](c1ccc(F)cc1)N1C(=N2)C(Nc2cccc(Cl)c2)=Nc2ccccc21. The predicted octanol–water partition coefficient (Wildman–Crippen LogP) is 7.77. The van der Waals surface area contributed by atoms with Crippen molar-refractivity contribution in [3.05, 3.63) is 131 Å². The lowest BCUT2D eigenvalue weighted by atomic mass is 9.93. The number of aryl methyl sites for hydroxylation is 1. The van der Waals surface area contributed by atoms with Gasteiger partial charge >= 0.3 is 0 Å². The number of nitrogens with zero attached hydrogens (tertiary/aromatic N) is 5. The van der Waals surface area contributed by atoms with E-state index in [0.717, 1.165) is 39.6 Å². The van der Waals surface area contributed by atoms with Gasteiger partial charge in [-0.25, -0.2) is 19.1 Å². The molecule has 3 heterocycles. The molecule has 0 amide bonds. The molecular formula is C31H22ClFN6. The molecule has 39 heavy (non-hydrogen) atoms. The molecule has 0 unspecified atom stereocenters. The van der Waals surface area contributed by atoms with Gasteiger partial charge in [-0.1, -0.05) is 60.1 Å². The van der Waals surface area contributed by atoms with Crippen LogP contribution in [-0.2, 0) is 0 Å². The Balaban J connectivity index is 1.50. The first-order valence-corrected chi connectivity index (χ1v) is 12.9. The highest BCUT2D eigenvalue weighted by atomic mass is 35.5. The number of aromatic nitrogens is 2. The highest BCUT2D eigenvalue weighted by molar-refractivity contribution is 6.51. The highest BCUT2D eigenvalue weighted by Gasteiger charge is 2.41. The largest absolute Gasteiger partial charge is 0.337 e. The van der Waals surface area contributed by atoms with Crippen LogP contribution in [0, 0.1) is 12.7 Å². The van der Waals surface area contributed by atoms with Crippen molar-refractivity contribution < 1.29 is 4.39 Å². The Kier molecular flexibility index (Phi) is 5.52. The molecule has 1 aromatic heterocycles. The number of fused-ring (bicyclic) bond motifs is 4. The van der Waals surface area contributed by atoms with Gasteiger partial charge in [-0.05, 0) is 67.1 Å². The maximum absolute atomic E-state index is 14.1. The summed E-state index contributed by atoms with van der Waals surface area (Å²) >= 11 is 6.29. The van der Waals surface area contributed by atoms with Crippen molar-refractivity contribution in [1.82, 2.24) is 9.78 Å². The maximum atomic E-state index is 14.1. The van der Waals surface area contributed by atoms with Gasteiger partial charge in [0.25, 0.3) is 0 Å². The number of amidine groups is 2. The van der Waals surface area contributed by atoms with E-state index in [2.05, 4.69) is 10.2 Å². The molecule has 0 bridgehead atoms. The van der Waals surface area contributed by atoms with Crippen LogP contribution in [0.25, 0.3) is 5.69 Å². The number of halogens is 2. The normalized spacial score (nSPS) is 15.6. The van der Waals surface area contributed by atoms with Crippen molar-refractivity contribution in [1.29, 1.82) is 0 Å². The Hall–Kier alpha value is -4.75. The molecule has 0 saturated carbocycles. The Bertz CT molecular complexity index is 1780. The zero-order chi connectivity index (χ0) is 26.5. The zero-order valence-electron chi connectivity index (χ0n) is 20.9. The van der Waals surface area contributed by atoms with E-state index in [0.29, 0.717) is 22.5 Å². The number of nitrogens with one attached hydrogen (secondary N) is 1. The smallest absolute Gasteiger partial charge is 0.179 e. The first kappa shape index (κ1) is 23.4. The minimum atomic E-state index is -0.321. The van der Waals surface area contributed by atoms with Gasteiger partial charge in [0.1, 0.15) is 5.82 Å². The summed E-state index contributed by atoms with van der Waals surface area (Å²) in [6.45, 7) is 1.99. The molecule has 8 heteroatoms. The quantitative estimate of drug-likeness (QED) is 0.258. The topological polar surface area (TPSA) is 57.8 Å². The molecule has 4 aromatic carbocycles. The summed E-state index contributed by atoms with van der Waals surface area (Å²) in [5, 5.41) is 8.98. The third kappa shape index (κ3) is 3.99. The Morgan fingerprint density at radius 3 is 2.41 bits per heavy atom. The van der Waals surface area contributed by atoms with Crippen LogP contribution in [-0.4, -0.2) is 21.5 Å². The van der Waals surface area contributed by atoms with Gasteiger partial charge in [0.15, 0.2) is 17.5 Å². The van der Waals surface area contributed by atoms with Crippen LogP contribution in [0.1, 0.15) is 22.9 Å². The summed E-state index contributed by atoms with van der Waals surface area (Å²) < 4.78 is 15.9. The second-order valence-corrected chi connectivity index (χ2v) is 9.85. The Morgan fingerprint density at radius 1 is 0.846 bits per heavy atom. The first-order chi connectivity index (χ1) is 19.1. The number of rotatable bonds is 3. The van der Waals surface area contributed by atoms with Gasteiger partial charge in [0.2, 0.25) is 0 Å². The molecule has 0 saturated heterocycles. The first-order valence-electron chi connectivity index (χ1n) is 12.6. The highest BCUT2D eigenvalue weighted by Crippen LogP contribution is 2.48. The number of anilines is 2. The molecule has 0 radical (unpaired) electrons. The molecular weight excluding hydrogens is 511 g/mol. The summed E-state index contributed by atoms with van der Waals surface area (Å²) in [6.07, 6.45) is 0. The van der Waals surface area contributed by atoms with Crippen LogP contribution in [0.3, 0.4) is 0 Å². The van der Waals surface area contributed by atoms with Crippen molar-refractivity contribution in [2.24, 2.45) is 9.98 Å². The monoisotopic (exact) mass is 532 g/mol. The van der Waals surface area contributed by atoms with E-state index in [-0.39, 0.29) is 11.9 Å². The van der Waals surface area contributed by atoms with Crippen molar-refractivity contribution in [3.8, 4) is 5.69 Å². The van der Waals surface area contributed by atoms with E-state index in [1.165, 1.54) is 12.1 Å². The molecule has 0 spiro atoms. The second kappa shape index (κ2) is 9.22. The molecule has 190 valence electrons. The van der Waals surface area contributed by atoms with Gasteiger partial charge in [0, 0.05) is 16.3 Å². The molecule has 6 nitrogen and oxygen atoms in total. The zero-order valence-corrected chi connectivity index (χ0v) is 21.6. The maximum Gasteiger partial charge on any atom is 0.179 e. The number of benzene rings is 4. The van der Waals surface area contributed by atoms with Gasteiger partial charge < -0.3 is 10.2 Å². The average Bonchev–Trinajstić information content (AvgIpc) is 3.29. The van der Waals surface area contributed by atoms with Crippen LogP contribution in [0.2, 0.25) is 5.02 Å². The molecule has 0 fully saturated rings. The predicted molar refractivity (Wildman–Crippen MR) is 155 cm³/mol. The van der Waals surface area contributed by atoms with Crippen molar-refractivity contribution in [2.45, 2.75) is 13.0 Å². The summed E-state index contributed by atoms with van der Waals surface area (Å²) in [4.78, 5) is 12.3. The lowest BCUT2D eigenvalue weighted by molar-refractivity contribution is 0.626. The number of para-hydroxylation sites is 3. The molecule has 7 rings (SSSR count). The molecule has 1 atom stereocenters. The van der Waals surface area contributed by atoms with Crippen molar-refractivity contribution in [2.75, 3.05) is 10.2 Å². The molecule has 2 aliphatic heterocycles. The van der Waals surface area contributed by atoms with Gasteiger partial charge in [0.05, 0.1) is 28.8 Å². The van der Waals surface area contributed by atoms with E-state index in [1.807, 2.05) is 103 Å². The van der Waals surface area contributed by atoms with Crippen LogP contribution < -0.4 is 10.2 Å². The van der Waals surface area contributed by atoms with E-state index in [1.54, 1.807) is 0 Å². The summed E-state index contributed by atoms with van der Waals surface area (Å²) in [5.41, 5.74) is 6.10. The van der Waals surface area contributed by atoms with Crippen LogP contribution in [0.15, 0.2) is 113 Å². The number of hydrogen-bond acceptors (Lipinski definition) is 5. The lowest BCUT2D eigenvalue weighted by Crippen LogP contribution is -2.46. The van der Waals surface area contributed by atoms with Crippen LogP contribution >= 0.6 is 11.6 Å². The molecule has 2 aliphatic rings. The van der Waals surface area contributed by atoms with E-state index < -0.39 is 0 Å². The van der Waals surface area contributed by atoms with Crippen LogP contribution in [0.5, 0.6) is 0 Å². The summed E-state index contributed by atoms with van der Waals surface area (Å²) in [6, 6.07) is 31.7. The minimum Gasteiger partial charge on any atom is -0.337 e. The summed E-state index contributed by atoms with van der Waals surface area (Å²) in [7, 11) is 0. The third-order valence-corrected chi connectivity index (χ3v) is 7.15. The fourth-order valence-corrected chi connectivity index (χ4v) is 5.40. The van der Waals surface area contributed by atoms with E-state index >= 15 is 0 Å². The van der Waals surface area contributed by atoms with Crippen molar-refractivity contribution in [3.63, 3.8) is 0 Å². The van der Waals surface area contributed by atoms with Crippen molar-refractivity contribution >= 4 is 46.2 Å². The standard InChI is InChI=1S/C31H22ClFN6/c1-19-27-28(20-14-16-22(33)17-15-20)38-26-13-6-5-12-25(26)35-29(34-23-9-7-8-21(32)18-23)31(38)36-30(27)39(37-19)24-10-3-2-4-11-24/h2-18,28H,1H3,(H,34,35)/t28-/m1/s1. The van der Waals surface area contributed by atoms with E-state index in [9.17, 15) is 4.39 Å². The van der Waals surface area contributed by atoms with Gasteiger partial charge in [-0.15, -0.1) is 0 Å². The summed E-state index contributed by atoms with van der Waals surface area (Å²) in [5.74, 6) is 1.63. The Labute approximate surface area is 229 Å². The van der Waals surface area contributed by atoms with Gasteiger partial charge in [-0.3, -0.25) is 0 Å². The van der Waals surface area contributed by atoms with Crippen LogP contribution in [0.4, 0.5) is 27.3 Å². The second-order valence-electron chi connectivity index (χ2n) is 9.41.